The van der Waals surface area contributed by atoms with Crippen LogP contribution >= 0.6 is 0 Å². The van der Waals surface area contributed by atoms with Crippen molar-refractivity contribution in [1.29, 1.82) is 0 Å². The first-order valence-corrected chi connectivity index (χ1v) is 9.44. The first kappa shape index (κ1) is 17.0. The lowest BCUT2D eigenvalue weighted by Crippen LogP contribution is -2.32. The standard InChI is InChI=1S/C25H19BO2/c27-26(28)20-16-14-19(15-17-20)25(18-8-2-1-3-9-18)23-12-6-4-10-21(23)22-11-5-7-13-24(22)25/h1-17,27-28H. The lowest BCUT2D eigenvalue weighted by atomic mass is 9.67. The molecule has 0 spiro atoms. The highest BCUT2D eigenvalue weighted by Crippen LogP contribution is 2.55. The van der Waals surface area contributed by atoms with Gasteiger partial charge in [-0.3, -0.25) is 0 Å². The summed E-state index contributed by atoms with van der Waals surface area (Å²) < 4.78 is 0. The van der Waals surface area contributed by atoms with Gasteiger partial charge in [-0.15, -0.1) is 0 Å². The molecular weight excluding hydrogens is 343 g/mol. The second kappa shape index (κ2) is 6.48. The zero-order chi connectivity index (χ0) is 19.1. The Bertz CT molecular complexity index is 1090. The predicted octanol–water partition coefficient (Wildman–Crippen LogP) is 3.73. The van der Waals surface area contributed by atoms with Crippen LogP contribution in [0.2, 0.25) is 0 Å². The van der Waals surface area contributed by atoms with Crippen LogP contribution < -0.4 is 5.46 Å². The van der Waals surface area contributed by atoms with Crippen molar-refractivity contribution in [1.82, 2.24) is 0 Å². The Kier molecular flexibility index (Phi) is 3.94. The molecule has 0 saturated heterocycles. The van der Waals surface area contributed by atoms with Gasteiger partial charge in [0.25, 0.3) is 0 Å². The Labute approximate surface area is 164 Å². The molecule has 1 aliphatic rings. The fourth-order valence-corrected chi connectivity index (χ4v) is 4.62. The summed E-state index contributed by atoms with van der Waals surface area (Å²) in [6.45, 7) is 0. The zero-order valence-corrected chi connectivity index (χ0v) is 15.3. The third-order valence-electron chi connectivity index (χ3n) is 5.80. The fraction of sp³-hybridized carbons (Fsp3) is 0.0400. The van der Waals surface area contributed by atoms with Crippen molar-refractivity contribution in [2.45, 2.75) is 5.41 Å². The molecule has 28 heavy (non-hydrogen) atoms. The van der Waals surface area contributed by atoms with Crippen molar-refractivity contribution in [2.24, 2.45) is 0 Å². The van der Waals surface area contributed by atoms with Gasteiger partial charge in [0.05, 0.1) is 5.41 Å². The molecule has 0 aliphatic heterocycles. The van der Waals surface area contributed by atoms with Gasteiger partial charge in [-0.25, -0.2) is 0 Å². The van der Waals surface area contributed by atoms with E-state index in [4.69, 9.17) is 0 Å². The van der Waals surface area contributed by atoms with Gasteiger partial charge in [0, 0.05) is 0 Å². The lowest BCUT2D eigenvalue weighted by molar-refractivity contribution is 0.426. The largest absolute Gasteiger partial charge is 0.488 e. The van der Waals surface area contributed by atoms with Crippen molar-refractivity contribution in [3.05, 3.63) is 125 Å². The van der Waals surface area contributed by atoms with E-state index in [1.54, 1.807) is 12.1 Å². The van der Waals surface area contributed by atoms with Gasteiger partial charge in [0.2, 0.25) is 0 Å². The van der Waals surface area contributed by atoms with Crippen LogP contribution in [0.15, 0.2) is 103 Å². The van der Waals surface area contributed by atoms with Crippen molar-refractivity contribution >= 4 is 12.6 Å². The van der Waals surface area contributed by atoms with Crippen LogP contribution in [-0.4, -0.2) is 17.2 Å². The SMILES string of the molecule is OB(O)c1ccc(C2(c3ccccc3)c3ccccc3-c3ccccc32)cc1. The van der Waals surface area contributed by atoms with Gasteiger partial charge in [0.1, 0.15) is 0 Å². The number of benzene rings is 4. The summed E-state index contributed by atoms with van der Waals surface area (Å²) in [5.41, 5.74) is 7.35. The summed E-state index contributed by atoms with van der Waals surface area (Å²) >= 11 is 0. The molecule has 0 bridgehead atoms. The molecule has 0 fully saturated rings. The summed E-state index contributed by atoms with van der Waals surface area (Å²) in [5.74, 6) is 0. The Balaban J connectivity index is 1.89. The molecular formula is C25H19BO2. The monoisotopic (exact) mass is 362 g/mol. The second-order valence-corrected chi connectivity index (χ2v) is 7.20. The fourth-order valence-electron chi connectivity index (χ4n) is 4.62. The van der Waals surface area contributed by atoms with Crippen LogP contribution in [0.5, 0.6) is 0 Å². The maximum Gasteiger partial charge on any atom is 0.488 e. The minimum atomic E-state index is -1.47. The Hall–Kier alpha value is -3.14. The minimum absolute atomic E-state index is 0.437. The number of fused-ring (bicyclic) bond motifs is 3. The van der Waals surface area contributed by atoms with E-state index in [-0.39, 0.29) is 0 Å². The summed E-state index contributed by atoms with van der Waals surface area (Å²) in [6.07, 6.45) is 0. The van der Waals surface area contributed by atoms with E-state index in [2.05, 4.69) is 72.8 Å². The first-order chi connectivity index (χ1) is 13.7. The molecule has 0 unspecified atom stereocenters. The molecule has 4 aromatic carbocycles. The third-order valence-corrected chi connectivity index (χ3v) is 5.80. The number of hydrogen-bond acceptors (Lipinski definition) is 2. The zero-order valence-electron chi connectivity index (χ0n) is 15.3. The molecule has 0 amide bonds. The second-order valence-electron chi connectivity index (χ2n) is 7.20. The van der Waals surface area contributed by atoms with Crippen LogP contribution in [0.25, 0.3) is 11.1 Å². The topological polar surface area (TPSA) is 40.5 Å². The molecule has 1 aliphatic carbocycles. The highest BCUT2D eigenvalue weighted by Gasteiger charge is 2.45. The summed E-state index contributed by atoms with van der Waals surface area (Å²) in [7, 11) is -1.47. The maximum atomic E-state index is 9.53. The summed E-state index contributed by atoms with van der Waals surface area (Å²) in [4.78, 5) is 0. The van der Waals surface area contributed by atoms with Gasteiger partial charge in [-0.05, 0) is 38.8 Å². The Morgan fingerprint density at radius 3 is 1.50 bits per heavy atom. The van der Waals surface area contributed by atoms with E-state index in [9.17, 15) is 10.0 Å². The molecule has 2 nitrogen and oxygen atoms in total. The average molecular weight is 362 g/mol. The number of hydrogen-bond donors (Lipinski definition) is 2. The molecule has 0 heterocycles. The third kappa shape index (κ3) is 2.30. The van der Waals surface area contributed by atoms with Crippen molar-refractivity contribution in [2.75, 3.05) is 0 Å². The van der Waals surface area contributed by atoms with E-state index >= 15 is 0 Å². The van der Waals surface area contributed by atoms with Gasteiger partial charge >= 0.3 is 7.12 Å². The molecule has 4 aromatic rings. The molecule has 0 radical (unpaired) electrons. The van der Waals surface area contributed by atoms with Crippen LogP contribution in [0.1, 0.15) is 22.3 Å². The number of rotatable bonds is 3. The van der Waals surface area contributed by atoms with Crippen molar-refractivity contribution < 1.29 is 10.0 Å². The normalized spacial score (nSPS) is 13.6. The maximum absolute atomic E-state index is 9.53. The van der Waals surface area contributed by atoms with E-state index < -0.39 is 12.5 Å². The molecule has 0 atom stereocenters. The van der Waals surface area contributed by atoms with Crippen LogP contribution in [-0.2, 0) is 5.41 Å². The Morgan fingerprint density at radius 1 is 0.500 bits per heavy atom. The Morgan fingerprint density at radius 2 is 0.964 bits per heavy atom. The van der Waals surface area contributed by atoms with E-state index in [0.717, 1.165) is 5.56 Å². The highest BCUT2D eigenvalue weighted by molar-refractivity contribution is 6.58. The lowest BCUT2D eigenvalue weighted by Gasteiger charge is -2.34. The van der Waals surface area contributed by atoms with Gasteiger partial charge in [0.15, 0.2) is 0 Å². The van der Waals surface area contributed by atoms with E-state index in [1.807, 2.05) is 18.2 Å². The minimum Gasteiger partial charge on any atom is -0.423 e. The van der Waals surface area contributed by atoms with Gasteiger partial charge in [-0.2, -0.15) is 0 Å². The van der Waals surface area contributed by atoms with Crippen LogP contribution in [0.4, 0.5) is 0 Å². The van der Waals surface area contributed by atoms with Crippen LogP contribution in [0.3, 0.4) is 0 Å². The molecule has 0 aromatic heterocycles. The predicted molar refractivity (Wildman–Crippen MR) is 114 cm³/mol. The van der Waals surface area contributed by atoms with Crippen molar-refractivity contribution in [3.63, 3.8) is 0 Å². The molecule has 134 valence electrons. The van der Waals surface area contributed by atoms with E-state index in [0.29, 0.717) is 5.46 Å². The smallest absolute Gasteiger partial charge is 0.423 e. The van der Waals surface area contributed by atoms with Gasteiger partial charge in [-0.1, -0.05) is 103 Å². The quantitative estimate of drug-likeness (QED) is 0.480. The van der Waals surface area contributed by atoms with E-state index in [1.165, 1.54) is 27.8 Å². The van der Waals surface area contributed by atoms with Gasteiger partial charge < -0.3 is 10.0 Å². The van der Waals surface area contributed by atoms with Crippen LogP contribution in [0, 0.1) is 0 Å². The van der Waals surface area contributed by atoms with Crippen molar-refractivity contribution in [3.8, 4) is 11.1 Å². The molecule has 3 heteroatoms. The highest BCUT2D eigenvalue weighted by atomic mass is 16.4. The first-order valence-electron chi connectivity index (χ1n) is 9.44. The molecule has 0 saturated carbocycles. The molecule has 5 rings (SSSR count). The summed E-state index contributed by atoms with van der Waals surface area (Å²) in [5, 5.41) is 19.1. The molecule has 2 N–H and O–H groups in total. The average Bonchev–Trinajstić information content (AvgIpc) is 3.06. The summed E-state index contributed by atoms with van der Waals surface area (Å²) in [6, 6.07) is 35.3.